The van der Waals surface area contributed by atoms with Gasteiger partial charge in [0.1, 0.15) is 5.37 Å². The third-order valence-corrected chi connectivity index (χ3v) is 8.56. The lowest BCUT2D eigenvalue weighted by molar-refractivity contribution is 0.128. The van der Waals surface area contributed by atoms with E-state index in [4.69, 9.17) is 0 Å². The van der Waals surface area contributed by atoms with Gasteiger partial charge in [0.15, 0.2) is 15.7 Å². The van der Waals surface area contributed by atoms with Crippen LogP contribution in [0, 0.1) is 17.2 Å². The summed E-state index contributed by atoms with van der Waals surface area (Å²) in [6, 6.07) is 10.2. The number of aromatic hydroxyl groups is 1. The Labute approximate surface area is 206 Å². The van der Waals surface area contributed by atoms with Crippen LogP contribution in [-0.4, -0.2) is 71.4 Å². The normalized spacial score (nSPS) is 16.4. The van der Waals surface area contributed by atoms with Gasteiger partial charge in [-0.2, -0.15) is 5.26 Å². The molecule has 9 heteroatoms. The molecule has 0 aliphatic carbocycles. The number of sulfone groups is 1. The molecule has 1 fully saturated rings. The smallest absolute Gasteiger partial charge is 0.199 e. The van der Waals surface area contributed by atoms with Crippen molar-refractivity contribution < 1.29 is 13.5 Å². The van der Waals surface area contributed by atoms with E-state index in [1.54, 1.807) is 24.3 Å². The van der Waals surface area contributed by atoms with Crippen molar-refractivity contribution in [2.24, 2.45) is 5.92 Å². The summed E-state index contributed by atoms with van der Waals surface area (Å²) < 4.78 is 26.9. The molecule has 3 aromatic rings. The molecule has 1 aliphatic heterocycles. The minimum absolute atomic E-state index is 0.0856. The van der Waals surface area contributed by atoms with E-state index in [-0.39, 0.29) is 10.8 Å². The van der Waals surface area contributed by atoms with Crippen LogP contribution in [0.2, 0.25) is 0 Å². The number of pyridine rings is 1. The molecule has 1 unspecified atom stereocenters. The third-order valence-electron chi connectivity index (χ3n) is 6.54. The third kappa shape index (κ3) is 5.10. The van der Waals surface area contributed by atoms with Gasteiger partial charge in [0.2, 0.25) is 0 Å². The van der Waals surface area contributed by atoms with E-state index >= 15 is 0 Å². The van der Waals surface area contributed by atoms with Gasteiger partial charge >= 0.3 is 0 Å². The van der Waals surface area contributed by atoms with Gasteiger partial charge in [-0.3, -0.25) is 9.88 Å². The number of nitriles is 1. The summed E-state index contributed by atoms with van der Waals surface area (Å²) in [5.41, 5.74) is 1.96. The van der Waals surface area contributed by atoms with Crippen LogP contribution in [0.25, 0.3) is 22.2 Å². The number of H-pyrrole nitrogens is 1. The maximum atomic E-state index is 13.5. The lowest BCUT2D eigenvalue weighted by atomic mass is 10.1. The largest absolute Gasteiger partial charge is 0.494 e. The van der Waals surface area contributed by atoms with E-state index in [0.717, 1.165) is 26.1 Å². The molecule has 35 heavy (non-hydrogen) atoms. The summed E-state index contributed by atoms with van der Waals surface area (Å²) in [4.78, 5) is 11.7. The first-order valence-electron chi connectivity index (χ1n) is 11.8. The molecular weight excluding hydrogens is 462 g/mol. The average molecular weight is 494 g/mol. The fourth-order valence-electron chi connectivity index (χ4n) is 4.50. The Bertz CT molecular complexity index is 1350. The van der Waals surface area contributed by atoms with Crippen LogP contribution in [0.4, 0.5) is 0 Å². The molecule has 4 rings (SSSR count). The Morgan fingerprint density at radius 1 is 1.23 bits per heavy atom. The van der Waals surface area contributed by atoms with Crippen LogP contribution in [0.1, 0.15) is 25.8 Å². The summed E-state index contributed by atoms with van der Waals surface area (Å²) >= 11 is 0. The van der Waals surface area contributed by atoms with Crippen LogP contribution in [0.15, 0.2) is 54.1 Å². The van der Waals surface area contributed by atoms with Crippen molar-refractivity contribution in [2.45, 2.75) is 30.5 Å². The zero-order valence-electron chi connectivity index (χ0n) is 20.1. The van der Waals surface area contributed by atoms with E-state index in [2.05, 4.69) is 41.4 Å². The highest BCUT2D eigenvalue weighted by atomic mass is 32.2. The summed E-state index contributed by atoms with van der Waals surface area (Å²) in [7, 11) is -3.73. The molecule has 0 saturated carbocycles. The minimum atomic E-state index is -3.73. The quantitative estimate of drug-likeness (QED) is 0.459. The molecule has 0 amide bonds. The van der Waals surface area contributed by atoms with Crippen LogP contribution >= 0.6 is 0 Å². The van der Waals surface area contributed by atoms with Gasteiger partial charge < -0.3 is 15.0 Å². The summed E-state index contributed by atoms with van der Waals surface area (Å²) in [5.74, 6) is 0.557. The second-order valence-corrected chi connectivity index (χ2v) is 11.4. The number of benzene rings is 1. The van der Waals surface area contributed by atoms with Crippen molar-refractivity contribution in [1.29, 1.82) is 5.26 Å². The van der Waals surface area contributed by atoms with E-state index in [0.29, 0.717) is 46.7 Å². The molecule has 8 nitrogen and oxygen atoms in total. The molecule has 1 aliphatic rings. The van der Waals surface area contributed by atoms with E-state index in [1.165, 1.54) is 18.3 Å². The molecule has 184 valence electrons. The number of nitrogens with zero attached hydrogens (tertiary/aromatic N) is 4. The Hall–Kier alpha value is -3.19. The van der Waals surface area contributed by atoms with E-state index in [1.807, 2.05) is 4.90 Å². The monoisotopic (exact) mass is 493 g/mol. The van der Waals surface area contributed by atoms with Crippen molar-refractivity contribution in [2.75, 3.05) is 32.7 Å². The molecule has 3 heterocycles. The highest BCUT2D eigenvalue weighted by Gasteiger charge is 2.33. The number of aromatic amines is 1. The molecule has 1 aromatic carbocycles. The van der Waals surface area contributed by atoms with Crippen LogP contribution in [0.3, 0.4) is 0 Å². The zero-order valence-corrected chi connectivity index (χ0v) is 20.9. The molecule has 2 aromatic heterocycles. The van der Waals surface area contributed by atoms with Crippen LogP contribution in [-0.2, 0) is 9.84 Å². The Balaban J connectivity index is 1.55. The van der Waals surface area contributed by atoms with Gasteiger partial charge in [-0.05, 0) is 49.2 Å². The van der Waals surface area contributed by atoms with Crippen molar-refractivity contribution in [3.8, 4) is 23.2 Å². The minimum Gasteiger partial charge on any atom is -0.494 e. The second kappa shape index (κ2) is 10.2. The number of piperazine rings is 1. The standard InChI is InChI=1S/C26H31N5O3S/c1-4-24(31-13-11-30(12-14-31)10-9-18(2)3)35(33,34)20-6-8-23(28-17-20)25-21-15-19(16-27)5-7-22(21)29-26(25)32/h4-8,15,17-18,24,29,32H,1,9-14H2,2-3H3. The van der Waals surface area contributed by atoms with Crippen LogP contribution in [0.5, 0.6) is 5.88 Å². The van der Waals surface area contributed by atoms with E-state index < -0.39 is 15.2 Å². The van der Waals surface area contributed by atoms with Gasteiger partial charge in [0, 0.05) is 43.3 Å². The number of rotatable bonds is 8. The van der Waals surface area contributed by atoms with Crippen molar-refractivity contribution >= 4 is 20.7 Å². The topological polar surface area (TPSA) is 113 Å². The molecule has 0 spiro atoms. The number of hydrogen-bond donors (Lipinski definition) is 2. The summed E-state index contributed by atoms with van der Waals surface area (Å²) in [6.07, 6.45) is 3.94. The summed E-state index contributed by atoms with van der Waals surface area (Å²) in [6.45, 7) is 12.2. The molecule has 2 N–H and O–H groups in total. The first-order valence-corrected chi connectivity index (χ1v) is 13.3. The molecular formula is C26H31N5O3S. The Morgan fingerprint density at radius 2 is 1.97 bits per heavy atom. The maximum absolute atomic E-state index is 13.5. The number of hydrogen-bond acceptors (Lipinski definition) is 7. The number of nitrogens with one attached hydrogen (secondary N) is 1. The zero-order chi connectivity index (χ0) is 25.2. The number of fused-ring (bicyclic) bond motifs is 1. The van der Waals surface area contributed by atoms with Gasteiger partial charge in [0.25, 0.3) is 0 Å². The van der Waals surface area contributed by atoms with E-state index in [9.17, 15) is 18.8 Å². The van der Waals surface area contributed by atoms with Gasteiger partial charge in [0.05, 0.1) is 27.8 Å². The lowest BCUT2D eigenvalue weighted by Crippen LogP contribution is -2.52. The molecule has 0 radical (unpaired) electrons. The first-order chi connectivity index (χ1) is 16.7. The maximum Gasteiger partial charge on any atom is 0.199 e. The first kappa shape index (κ1) is 24.9. The SMILES string of the molecule is C=CC(N1CCN(CCC(C)C)CC1)S(=O)(=O)c1ccc(-c2c(O)[nH]c3ccc(C#N)cc23)nc1. The highest BCUT2D eigenvalue weighted by Crippen LogP contribution is 2.36. The second-order valence-electron chi connectivity index (χ2n) is 9.33. The van der Waals surface area contributed by atoms with Gasteiger partial charge in [-0.1, -0.05) is 19.9 Å². The Morgan fingerprint density at radius 3 is 2.57 bits per heavy atom. The fourth-order valence-corrected chi connectivity index (χ4v) is 6.09. The van der Waals surface area contributed by atoms with Gasteiger partial charge in [-0.25, -0.2) is 8.42 Å². The Kier molecular flexibility index (Phi) is 7.26. The number of aromatic nitrogens is 2. The molecule has 0 bridgehead atoms. The predicted molar refractivity (Wildman–Crippen MR) is 137 cm³/mol. The molecule has 1 atom stereocenters. The van der Waals surface area contributed by atoms with Crippen LogP contribution < -0.4 is 0 Å². The van der Waals surface area contributed by atoms with Gasteiger partial charge in [-0.15, -0.1) is 6.58 Å². The van der Waals surface area contributed by atoms with Crippen molar-refractivity contribution in [1.82, 2.24) is 19.8 Å². The predicted octanol–water partition coefficient (Wildman–Crippen LogP) is 3.76. The lowest BCUT2D eigenvalue weighted by Gasteiger charge is -2.38. The van der Waals surface area contributed by atoms with Crippen molar-refractivity contribution in [3.05, 3.63) is 54.7 Å². The summed E-state index contributed by atoms with van der Waals surface area (Å²) in [5, 5.41) is 19.5. The average Bonchev–Trinajstić information content (AvgIpc) is 3.18. The molecule has 1 saturated heterocycles. The van der Waals surface area contributed by atoms with Crippen molar-refractivity contribution in [3.63, 3.8) is 0 Å². The fraction of sp³-hybridized carbons (Fsp3) is 0.385. The highest BCUT2D eigenvalue weighted by molar-refractivity contribution is 7.92.